The topological polar surface area (TPSA) is 77.0 Å². The highest BCUT2D eigenvalue weighted by molar-refractivity contribution is 7.89. The van der Waals surface area contributed by atoms with E-state index in [0.717, 1.165) is 5.56 Å². The summed E-state index contributed by atoms with van der Waals surface area (Å²) in [5, 5.41) is 3.85. The molecule has 3 aromatic carbocycles. The summed E-state index contributed by atoms with van der Waals surface area (Å²) in [6.07, 6.45) is 1.42. The lowest BCUT2D eigenvalue weighted by Gasteiger charge is -2.12. The SMILES string of the molecule is CCOc1cc(/C=N\NS(=O)(=O)c2ccccc2)ccc1OCc1ccccc1. The number of nitrogens with zero attached hydrogens (tertiary/aromatic N) is 1. The molecule has 0 saturated carbocycles. The van der Waals surface area contributed by atoms with Crippen molar-refractivity contribution < 1.29 is 17.9 Å². The van der Waals surface area contributed by atoms with Gasteiger partial charge in [0, 0.05) is 0 Å². The number of benzene rings is 3. The monoisotopic (exact) mass is 410 g/mol. The second-order valence-electron chi connectivity index (χ2n) is 6.08. The molecule has 0 saturated heterocycles. The first kappa shape index (κ1) is 20.4. The standard InChI is InChI=1S/C22H22N2O4S/c1-2-27-22-15-19(13-14-21(22)28-17-18-9-5-3-6-10-18)16-23-24-29(25,26)20-11-7-4-8-12-20/h3-16,24H,2,17H2,1H3/b23-16-. The summed E-state index contributed by atoms with van der Waals surface area (Å²) in [4.78, 5) is 2.36. The molecule has 6 nitrogen and oxygen atoms in total. The van der Waals surface area contributed by atoms with Gasteiger partial charge in [-0.3, -0.25) is 0 Å². The Balaban J connectivity index is 1.70. The van der Waals surface area contributed by atoms with Crippen LogP contribution >= 0.6 is 0 Å². The van der Waals surface area contributed by atoms with Gasteiger partial charge in [0.15, 0.2) is 11.5 Å². The van der Waals surface area contributed by atoms with Gasteiger partial charge in [0.2, 0.25) is 0 Å². The van der Waals surface area contributed by atoms with Crippen molar-refractivity contribution in [2.45, 2.75) is 18.4 Å². The first-order valence-electron chi connectivity index (χ1n) is 9.12. The van der Waals surface area contributed by atoms with E-state index < -0.39 is 10.0 Å². The van der Waals surface area contributed by atoms with Crippen molar-refractivity contribution in [3.63, 3.8) is 0 Å². The zero-order chi connectivity index (χ0) is 20.5. The molecule has 150 valence electrons. The maximum Gasteiger partial charge on any atom is 0.276 e. The molecule has 0 amide bonds. The van der Waals surface area contributed by atoms with Crippen LogP contribution in [0.15, 0.2) is 88.9 Å². The van der Waals surface area contributed by atoms with Crippen molar-refractivity contribution in [3.8, 4) is 11.5 Å². The summed E-state index contributed by atoms with van der Waals surface area (Å²) in [7, 11) is -3.70. The number of sulfonamides is 1. The largest absolute Gasteiger partial charge is 0.490 e. The Labute approximate surface area is 170 Å². The molecule has 0 unspecified atom stereocenters. The second kappa shape index (κ2) is 9.75. The molecule has 1 N–H and O–H groups in total. The predicted molar refractivity (Wildman–Crippen MR) is 113 cm³/mol. The van der Waals surface area contributed by atoms with Crippen LogP contribution in [0.2, 0.25) is 0 Å². The molecular weight excluding hydrogens is 388 g/mol. The van der Waals surface area contributed by atoms with E-state index in [2.05, 4.69) is 9.93 Å². The summed E-state index contributed by atoms with van der Waals surface area (Å²) in [5.41, 5.74) is 1.73. The molecule has 0 aliphatic rings. The van der Waals surface area contributed by atoms with E-state index >= 15 is 0 Å². The minimum absolute atomic E-state index is 0.150. The Hall–Kier alpha value is -3.32. The van der Waals surface area contributed by atoms with Crippen molar-refractivity contribution in [1.29, 1.82) is 0 Å². The summed E-state index contributed by atoms with van der Waals surface area (Å²) in [5.74, 6) is 1.18. The highest BCUT2D eigenvalue weighted by Gasteiger charge is 2.11. The van der Waals surface area contributed by atoms with Crippen LogP contribution in [-0.2, 0) is 16.6 Å². The average Bonchev–Trinajstić information content (AvgIpc) is 2.75. The fraction of sp³-hybridized carbons (Fsp3) is 0.136. The Morgan fingerprint density at radius 3 is 2.28 bits per heavy atom. The fourth-order valence-corrected chi connectivity index (χ4v) is 3.36. The van der Waals surface area contributed by atoms with Crippen LogP contribution in [0, 0.1) is 0 Å². The number of rotatable bonds is 9. The van der Waals surface area contributed by atoms with Gasteiger partial charge in [-0.2, -0.15) is 13.5 Å². The average molecular weight is 410 g/mol. The summed E-state index contributed by atoms with van der Waals surface area (Å²) >= 11 is 0. The van der Waals surface area contributed by atoms with E-state index in [9.17, 15) is 8.42 Å². The number of hydrogen-bond donors (Lipinski definition) is 1. The molecule has 0 heterocycles. The van der Waals surface area contributed by atoms with Gasteiger partial charge in [-0.15, -0.1) is 0 Å². The van der Waals surface area contributed by atoms with Gasteiger partial charge in [-0.1, -0.05) is 48.5 Å². The van der Waals surface area contributed by atoms with Gasteiger partial charge in [0.1, 0.15) is 6.61 Å². The van der Waals surface area contributed by atoms with Crippen LogP contribution < -0.4 is 14.3 Å². The van der Waals surface area contributed by atoms with E-state index in [1.165, 1.54) is 18.3 Å². The van der Waals surface area contributed by atoms with Crippen molar-refractivity contribution in [2.75, 3.05) is 6.61 Å². The first-order chi connectivity index (χ1) is 14.1. The molecule has 3 aromatic rings. The number of nitrogens with one attached hydrogen (secondary N) is 1. The molecule has 0 fully saturated rings. The predicted octanol–water partition coefficient (Wildman–Crippen LogP) is 3.98. The lowest BCUT2D eigenvalue weighted by atomic mass is 10.2. The summed E-state index contributed by atoms with van der Waals surface area (Å²) < 4.78 is 35.9. The first-order valence-corrected chi connectivity index (χ1v) is 10.6. The molecule has 29 heavy (non-hydrogen) atoms. The van der Waals surface area contributed by atoms with E-state index in [0.29, 0.717) is 30.3 Å². The van der Waals surface area contributed by atoms with Gasteiger partial charge in [-0.05, 0) is 48.4 Å². The van der Waals surface area contributed by atoms with Crippen molar-refractivity contribution in [1.82, 2.24) is 4.83 Å². The number of hydrogen-bond acceptors (Lipinski definition) is 5. The van der Waals surface area contributed by atoms with Crippen LogP contribution in [0.5, 0.6) is 11.5 Å². The molecular formula is C22H22N2O4S. The van der Waals surface area contributed by atoms with Crippen molar-refractivity contribution >= 4 is 16.2 Å². The maximum absolute atomic E-state index is 12.2. The van der Waals surface area contributed by atoms with Crippen LogP contribution in [-0.4, -0.2) is 21.2 Å². The lowest BCUT2D eigenvalue weighted by molar-refractivity contribution is 0.269. The molecule has 0 aliphatic carbocycles. The van der Waals surface area contributed by atoms with Gasteiger partial charge in [0.05, 0.1) is 17.7 Å². The highest BCUT2D eigenvalue weighted by atomic mass is 32.2. The molecule has 3 rings (SSSR count). The van der Waals surface area contributed by atoms with Gasteiger partial charge in [-0.25, -0.2) is 4.83 Å². The highest BCUT2D eigenvalue weighted by Crippen LogP contribution is 2.29. The Morgan fingerprint density at radius 2 is 1.59 bits per heavy atom. The molecule has 0 spiro atoms. The maximum atomic E-state index is 12.2. The van der Waals surface area contributed by atoms with Crippen molar-refractivity contribution in [2.24, 2.45) is 5.10 Å². The van der Waals surface area contributed by atoms with E-state index in [1.54, 1.807) is 36.4 Å². The van der Waals surface area contributed by atoms with Crippen LogP contribution in [0.4, 0.5) is 0 Å². The third kappa shape index (κ3) is 5.83. The molecule has 0 atom stereocenters. The fourth-order valence-electron chi connectivity index (χ4n) is 2.55. The molecule has 0 aromatic heterocycles. The minimum Gasteiger partial charge on any atom is -0.490 e. The van der Waals surface area contributed by atoms with Gasteiger partial charge in [0.25, 0.3) is 10.0 Å². The Morgan fingerprint density at radius 1 is 0.897 bits per heavy atom. The van der Waals surface area contributed by atoms with Crippen molar-refractivity contribution in [3.05, 3.63) is 90.0 Å². The summed E-state index contributed by atoms with van der Waals surface area (Å²) in [6.45, 7) is 2.78. The van der Waals surface area contributed by atoms with E-state index in [1.807, 2.05) is 37.3 Å². The van der Waals surface area contributed by atoms with Crippen LogP contribution in [0.25, 0.3) is 0 Å². The quantitative estimate of drug-likeness (QED) is 0.428. The molecule has 0 radical (unpaired) electrons. The third-order valence-corrected chi connectivity index (χ3v) is 5.18. The minimum atomic E-state index is -3.70. The van der Waals surface area contributed by atoms with Crippen LogP contribution in [0.3, 0.4) is 0 Å². The Kier molecular flexibility index (Phi) is 6.86. The molecule has 0 bridgehead atoms. The summed E-state index contributed by atoms with van der Waals surface area (Å²) in [6, 6.07) is 23.2. The number of hydrazone groups is 1. The third-order valence-electron chi connectivity index (χ3n) is 3.94. The normalized spacial score (nSPS) is 11.3. The van der Waals surface area contributed by atoms with Gasteiger partial charge < -0.3 is 9.47 Å². The van der Waals surface area contributed by atoms with E-state index in [-0.39, 0.29) is 4.90 Å². The second-order valence-corrected chi connectivity index (χ2v) is 7.74. The zero-order valence-corrected chi connectivity index (χ0v) is 16.8. The van der Waals surface area contributed by atoms with Gasteiger partial charge >= 0.3 is 0 Å². The van der Waals surface area contributed by atoms with E-state index in [4.69, 9.17) is 9.47 Å². The molecule has 7 heteroatoms. The Bertz CT molecular complexity index is 1050. The molecule has 0 aliphatic heterocycles. The zero-order valence-electron chi connectivity index (χ0n) is 16.0. The van der Waals surface area contributed by atoms with Crippen LogP contribution in [0.1, 0.15) is 18.1 Å². The lowest BCUT2D eigenvalue weighted by Crippen LogP contribution is -2.18. The number of ether oxygens (including phenoxy) is 2. The smallest absolute Gasteiger partial charge is 0.276 e.